The summed E-state index contributed by atoms with van der Waals surface area (Å²) >= 11 is 6.24. The van der Waals surface area contributed by atoms with Crippen molar-refractivity contribution in [2.45, 2.75) is 25.6 Å². The van der Waals surface area contributed by atoms with Crippen LogP contribution in [0.3, 0.4) is 0 Å². The van der Waals surface area contributed by atoms with Crippen LogP contribution < -0.4 is 4.74 Å². The van der Waals surface area contributed by atoms with Gasteiger partial charge in [0.1, 0.15) is 5.75 Å². The van der Waals surface area contributed by atoms with E-state index < -0.39 is 0 Å². The summed E-state index contributed by atoms with van der Waals surface area (Å²) in [5, 5.41) is 7.59. The Hall–Kier alpha value is -2.72. The van der Waals surface area contributed by atoms with Crippen LogP contribution in [0.4, 0.5) is 0 Å². The quantitative estimate of drug-likeness (QED) is 0.604. The third kappa shape index (κ3) is 2.49. The van der Waals surface area contributed by atoms with Gasteiger partial charge in [0.25, 0.3) is 0 Å². The first kappa shape index (κ1) is 15.5. The summed E-state index contributed by atoms with van der Waals surface area (Å²) in [7, 11) is 0. The van der Waals surface area contributed by atoms with Gasteiger partial charge in [0, 0.05) is 17.0 Å². The first-order chi connectivity index (χ1) is 12.7. The Morgan fingerprint density at radius 2 is 1.96 bits per heavy atom. The first-order valence-corrected chi connectivity index (χ1v) is 8.99. The molecule has 2 atom stereocenters. The predicted molar refractivity (Wildman–Crippen MR) is 100 cm³/mol. The van der Waals surface area contributed by atoms with Gasteiger partial charge in [0.15, 0.2) is 5.76 Å². The highest BCUT2D eigenvalue weighted by atomic mass is 35.5. The fourth-order valence-electron chi connectivity index (χ4n) is 3.60. The molecule has 2 aromatic carbocycles. The minimum atomic E-state index is -0.383. The molecule has 26 heavy (non-hydrogen) atoms. The van der Waals surface area contributed by atoms with Gasteiger partial charge in [0.2, 0.25) is 6.23 Å². The van der Waals surface area contributed by atoms with Crippen molar-refractivity contribution >= 4 is 17.3 Å². The fraction of sp³-hybridized carbons (Fsp3) is 0.190. The van der Waals surface area contributed by atoms with Crippen molar-refractivity contribution in [1.29, 1.82) is 0 Å². The summed E-state index contributed by atoms with van der Waals surface area (Å²) in [6.07, 6.45) is 2.08. The Bertz CT molecular complexity index is 980. The number of aryl methyl sites for hydroxylation is 1. The van der Waals surface area contributed by atoms with E-state index in [0.717, 1.165) is 34.8 Å². The Labute approximate surface area is 156 Å². The molecule has 0 fully saturated rings. The number of hydrogen-bond donors (Lipinski definition) is 0. The number of benzene rings is 2. The highest BCUT2D eigenvalue weighted by molar-refractivity contribution is 6.30. The highest BCUT2D eigenvalue weighted by Gasteiger charge is 2.42. The molecule has 0 saturated carbocycles. The second-order valence-electron chi connectivity index (χ2n) is 6.68. The van der Waals surface area contributed by atoms with Crippen molar-refractivity contribution in [3.05, 3.63) is 88.3 Å². The van der Waals surface area contributed by atoms with Gasteiger partial charge in [-0.25, -0.2) is 5.01 Å². The van der Waals surface area contributed by atoms with Crippen LogP contribution in [0.1, 0.15) is 41.1 Å². The van der Waals surface area contributed by atoms with Crippen molar-refractivity contribution in [2.75, 3.05) is 0 Å². The van der Waals surface area contributed by atoms with Gasteiger partial charge in [-0.15, -0.1) is 0 Å². The van der Waals surface area contributed by atoms with Crippen molar-refractivity contribution in [2.24, 2.45) is 5.10 Å². The maximum atomic E-state index is 6.24. The number of ether oxygens (including phenoxy) is 1. The molecule has 0 unspecified atom stereocenters. The number of nitrogens with zero attached hydrogens (tertiary/aromatic N) is 2. The molecule has 5 heteroatoms. The average Bonchev–Trinajstić information content (AvgIpc) is 3.32. The van der Waals surface area contributed by atoms with Gasteiger partial charge < -0.3 is 9.15 Å². The predicted octanol–water partition coefficient (Wildman–Crippen LogP) is 5.48. The largest absolute Gasteiger partial charge is 0.463 e. The van der Waals surface area contributed by atoms with Crippen molar-refractivity contribution in [3.8, 4) is 5.75 Å². The van der Waals surface area contributed by atoms with Crippen LogP contribution in [-0.4, -0.2) is 10.7 Å². The Balaban J connectivity index is 1.60. The molecule has 0 amide bonds. The van der Waals surface area contributed by atoms with E-state index in [9.17, 15) is 0 Å². The smallest absolute Gasteiger partial charge is 0.246 e. The van der Waals surface area contributed by atoms with E-state index in [1.807, 2.05) is 35.3 Å². The standard InChI is InChI=1S/C21H17ClN2O2/c1-13-4-6-14(7-5-13)17-12-18-16-11-15(22)8-9-19(16)26-21(24(18)23-17)20-3-2-10-25-20/h2-11,18,21H,12H2,1H3/t18-,21+/m1/s1. The fourth-order valence-corrected chi connectivity index (χ4v) is 3.78. The van der Waals surface area contributed by atoms with Gasteiger partial charge in [-0.3, -0.25) is 0 Å². The molecule has 3 aromatic rings. The Kier molecular flexibility index (Phi) is 3.54. The molecular weight excluding hydrogens is 348 g/mol. The van der Waals surface area contributed by atoms with Crippen LogP contribution in [0.5, 0.6) is 5.75 Å². The highest BCUT2D eigenvalue weighted by Crippen LogP contribution is 2.48. The van der Waals surface area contributed by atoms with E-state index >= 15 is 0 Å². The minimum Gasteiger partial charge on any atom is -0.463 e. The van der Waals surface area contributed by atoms with E-state index in [2.05, 4.69) is 31.2 Å². The average molecular weight is 365 g/mol. The molecule has 0 bridgehead atoms. The second-order valence-corrected chi connectivity index (χ2v) is 7.12. The number of hydrogen-bond acceptors (Lipinski definition) is 4. The molecule has 4 nitrogen and oxygen atoms in total. The van der Waals surface area contributed by atoms with Crippen molar-refractivity contribution in [1.82, 2.24) is 5.01 Å². The minimum absolute atomic E-state index is 0.0730. The molecule has 1 aromatic heterocycles. The van der Waals surface area contributed by atoms with Crippen LogP contribution >= 0.6 is 11.6 Å². The molecule has 0 saturated heterocycles. The molecule has 0 spiro atoms. The zero-order chi connectivity index (χ0) is 17.7. The topological polar surface area (TPSA) is 38.0 Å². The van der Waals surface area contributed by atoms with Crippen molar-refractivity contribution in [3.63, 3.8) is 0 Å². The SMILES string of the molecule is Cc1ccc(C2=NN3[C@H](C2)c2cc(Cl)ccc2O[C@H]3c2ccco2)cc1. The molecule has 3 heterocycles. The van der Waals surface area contributed by atoms with Crippen LogP contribution in [0.2, 0.25) is 5.02 Å². The summed E-state index contributed by atoms with van der Waals surface area (Å²) < 4.78 is 11.8. The van der Waals surface area contributed by atoms with Crippen molar-refractivity contribution < 1.29 is 9.15 Å². The third-order valence-corrected chi connectivity index (χ3v) is 5.16. The van der Waals surface area contributed by atoms with Crippen LogP contribution in [-0.2, 0) is 0 Å². The van der Waals surface area contributed by atoms with Gasteiger partial charge in [-0.2, -0.15) is 5.10 Å². The zero-order valence-electron chi connectivity index (χ0n) is 14.2. The van der Waals surface area contributed by atoms with Gasteiger partial charge >= 0.3 is 0 Å². The zero-order valence-corrected chi connectivity index (χ0v) is 15.0. The summed E-state index contributed by atoms with van der Waals surface area (Å²) in [6.45, 7) is 2.09. The Morgan fingerprint density at radius 3 is 2.73 bits per heavy atom. The van der Waals surface area contributed by atoms with E-state index in [1.54, 1.807) is 6.26 Å². The number of halogens is 1. The Morgan fingerprint density at radius 1 is 1.12 bits per heavy atom. The molecule has 2 aliphatic heterocycles. The number of rotatable bonds is 2. The summed E-state index contributed by atoms with van der Waals surface area (Å²) in [5.41, 5.74) is 4.47. The van der Waals surface area contributed by atoms with Gasteiger partial charge in [0.05, 0.1) is 18.0 Å². The number of furan rings is 1. The first-order valence-electron chi connectivity index (χ1n) is 8.61. The molecule has 0 N–H and O–H groups in total. The molecule has 130 valence electrons. The lowest BCUT2D eigenvalue weighted by Gasteiger charge is -2.36. The van der Waals surface area contributed by atoms with Crippen LogP contribution in [0.25, 0.3) is 0 Å². The normalized spacial score (nSPS) is 21.0. The summed E-state index contributed by atoms with van der Waals surface area (Å²) in [6, 6.07) is 18.1. The molecule has 5 rings (SSSR count). The monoisotopic (exact) mass is 364 g/mol. The second kappa shape index (κ2) is 5.92. The number of hydrazone groups is 1. The molecule has 0 aliphatic carbocycles. The van der Waals surface area contributed by atoms with E-state index in [0.29, 0.717) is 5.02 Å². The lowest BCUT2D eigenvalue weighted by Crippen LogP contribution is -2.33. The van der Waals surface area contributed by atoms with E-state index in [1.165, 1.54) is 5.56 Å². The maximum Gasteiger partial charge on any atom is 0.246 e. The van der Waals surface area contributed by atoms with E-state index in [4.69, 9.17) is 25.9 Å². The molecule has 0 radical (unpaired) electrons. The summed E-state index contributed by atoms with van der Waals surface area (Å²) in [5.74, 6) is 1.57. The molecular formula is C21H17ClN2O2. The van der Waals surface area contributed by atoms with Crippen LogP contribution in [0, 0.1) is 6.92 Å². The van der Waals surface area contributed by atoms with Gasteiger partial charge in [-0.05, 0) is 42.8 Å². The van der Waals surface area contributed by atoms with Crippen LogP contribution in [0.15, 0.2) is 70.4 Å². The third-order valence-electron chi connectivity index (χ3n) is 4.92. The summed E-state index contributed by atoms with van der Waals surface area (Å²) in [4.78, 5) is 0. The molecule has 2 aliphatic rings. The maximum absolute atomic E-state index is 6.24. The van der Waals surface area contributed by atoms with E-state index in [-0.39, 0.29) is 12.3 Å². The lowest BCUT2D eigenvalue weighted by molar-refractivity contribution is -0.0325. The lowest BCUT2D eigenvalue weighted by atomic mass is 9.96. The van der Waals surface area contributed by atoms with Gasteiger partial charge in [-0.1, -0.05) is 41.4 Å². The number of fused-ring (bicyclic) bond motifs is 3.